The molecule has 4 aromatic rings. The number of nitrogens with zero attached hydrogens (tertiary/aromatic N) is 1. The molecule has 0 amide bonds. The van der Waals surface area contributed by atoms with Crippen molar-refractivity contribution in [3.63, 3.8) is 0 Å². The van der Waals surface area contributed by atoms with Gasteiger partial charge in [-0.25, -0.2) is 0 Å². The fraction of sp³-hybridized carbons (Fsp3) is 0.241. The number of benzene rings is 3. The number of ether oxygens (including phenoxy) is 3. The Morgan fingerprint density at radius 2 is 1.86 bits per heavy atom. The summed E-state index contributed by atoms with van der Waals surface area (Å²) in [4.78, 5) is 11.7. The van der Waals surface area contributed by atoms with E-state index in [-0.39, 0.29) is 18.0 Å². The van der Waals surface area contributed by atoms with Crippen molar-refractivity contribution < 1.29 is 23.5 Å². The molecule has 3 aromatic carbocycles. The van der Waals surface area contributed by atoms with Gasteiger partial charge in [0.1, 0.15) is 17.6 Å². The van der Waals surface area contributed by atoms with E-state index >= 15 is 0 Å². The van der Waals surface area contributed by atoms with Crippen molar-refractivity contribution in [1.82, 2.24) is 5.16 Å². The zero-order valence-corrected chi connectivity index (χ0v) is 19.4. The fourth-order valence-corrected chi connectivity index (χ4v) is 5.23. The Morgan fingerprint density at radius 1 is 1.00 bits per heavy atom. The van der Waals surface area contributed by atoms with E-state index in [9.17, 15) is 4.79 Å². The molecular formula is C29H25NO5. The second-order valence-corrected chi connectivity index (χ2v) is 8.93. The van der Waals surface area contributed by atoms with Crippen molar-refractivity contribution in [2.24, 2.45) is 0 Å². The predicted molar refractivity (Wildman–Crippen MR) is 130 cm³/mol. The number of hydrogen-bond donors (Lipinski definition) is 0. The summed E-state index contributed by atoms with van der Waals surface area (Å²) in [7, 11) is 1.41. The van der Waals surface area contributed by atoms with Crippen LogP contribution >= 0.6 is 0 Å². The number of rotatable bonds is 6. The molecule has 6 nitrogen and oxygen atoms in total. The SMILES string of the molecule is COC(=O)C[C@@H]1COc2cc(O[C@@H]3CCc4c(-c5ccccc5-c5ccno5)cccc43)ccc21. The van der Waals surface area contributed by atoms with Crippen LogP contribution < -0.4 is 9.47 Å². The molecule has 0 saturated heterocycles. The number of aromatic nitrogens is 1. The summed E-state index contributed by atoms with van der Waals surface area (Å²) in [6.45, 7) is 0.480. The Bertz CT molecular complexity index is 1380. The second-order valence-electron chi connectivity index (χ2n) is 8.93. The van der Waals surface area contributed by atoms with E-state index < -0.39 is 0 Å². The van der Waals surface area contributed by atoms with Gasteiger partial charge in [0.25, 0.3) is 0 Å². The van der Waals surface area contributed by atoms with Crippen LogP contribution in [0, 0.1) is 0 Å². The molecule has 0 spiro atoms. The van der Waals surface area contributed by atoms with E-state index in [1.165, 1.54) is 23.8 Å². The summed E-state index contributed by atoms with van der Waals surface area (Å²) >= 11 is 0. The van der Waals surface area contributed by atoms with Gasteiger partial charge in [0.05, 0.1) is 26.3 Å². The van der Waals surface area contributed by atoms with Crippen LogP contribution in [-0.2, 0) is 16.0 Å². The first-order valence-corrected chi connectivity index (χ1v) is 11.8. The first kappa shape index (κ1) is 21.5. The van der Waals surface area contributed by atoms with Crippen molar-refractivity contribution in [3.05, 3.63) is 89.6 Å². The van der Waals surface area contributed by atoms with Gasteiger partial charge in [-0.05, 0) is 41.2 Å². The van der Waals surface area contributed by atoms with Gasteiger partial charge in [0.2, 0.25) is 0 Å². The zero-order valence-electron chi connectivity index (χ0n) is 19.4. The highest BCUT2D eigenvalue weighted by Gasteiger charge is 2.30. The average molecular weight is 468 g/mol. The monoisotopic (exact) mass is 467 g/mol. The largest absolute Gasteiger partial charge is 0.492 e. The van der Waals surface area contributed by atoms with Gasteiger partial charge in [-0.1, -0.05) is 53.7 Å². The number of carbonyl (C=O) groups is 1. The number of carbonyl (C=O) groups excluding carboxylic acids is 1. The Kier molecular flexibility index (Phi) is 5.49. The lowest BCUT2D eigenvalue weighted by molar-refractivity contribution is -0.141. The van der Waals surface area contributed by atoms with Crippen LogP contribution in [0.5, 0.6) is 11.5 Å². The van der Waals surface area contributed by atoms with Crippen LogP contribution in [0.15, 0.2) is 77.4 Å². The normalized spacial score (nSPS) is 18.0. The fourth-order valence-electron chi connectivity index (χ4n) is 5.23. The van der Waals surface area contributed by atoms with Crippen LogP contribution in [0.3, 0.4) is 0 Å². The molecule has 6 rings (SSSR count). The lowest BCUT2D eigenvalue weighted by Crippen LogP contribution is -2.09. The van der Waals surface area contributed by atoms with Gasteiger partial charge in [-0.15, -0.1) is 0 Å². The Labute approximate surface area is 203 Å². The first-order valence-electron chi connectivity index (χ1n) is 11.8. The third kappa shape index (κ3) is 3.95. The minimum atomic E-state index is -0.227. The summed E-state index contributed by atoms with van der Waals surface area (Å²) in [5.74, 6) is 2.10. The van der Waals surface area contributed by atoms with Gasteiger partial charge in [-0.2, -0.15) is 0 Å². The third-order valence-electron chi connectivity index (χ3n) is 6.92. The van der Waals surface area contributed by atoms with E-state index in [0.717, 1.165) is 46.8 Å². The van der Waals surface area contributed by atoms with Gasteiger partial charge < -0.3 is 18.7 Å². The first-order chi connectivity index (χ1) is 17.2. The highest BCUT2D eigenvalue weighted by molar-refractivity contribution is 5.83. The van der Waals surface area contributed by atoms with Gasteiger partial charge in [0.15, 0.2) is 5.76 Å². The van der Waals surface area contributed by atoms with Crippen molar-refractivity contribution in [3.8, 4) is 33.9 Å². The molecular weight excluding hydrogens is 442 g/mol. The smallest absolute Gasteiger partial charge is 0.306 e. The molecule has 0 bridgehead atoms. The molecule has 35 heavy (non-hydrogen) atoms. The van der Waals surface area contributed by atoms with Crippen LogP contribution in [0.2, 0.25) is 0 Å². The van der Waals surface area contributed by atoms with Crippen LogP contribution in [-0.4, -0.2) is 24.8 Å². The molecule has 1 aromatic heterocycles. The van der Waals surface area contributed by atoms with Gasteiger partial charge in [-0.3, -0.25) is 4.79 Å². The number of esters is 1. The van der Waals surface area contributed by atoms with Crippen molar-refractivity contribution in [2.75, 3.05) is 13.7 Å². The highest BCUT2D eigenvalue weighted by Crippen LogP contribution is 2.44. The molecule has 2 heterocycles. The molecule has 176 valence electrons. The average Bonchev–Trinajstić information content (AvgIpc) is 3.65. The molecule has 2 aliphatic rings. The summed E-state index contributed by atoms with van der Waals surface area (Å²) in [6.07, 6.45) is 3.79. The Balaban J connectivity index is 1.27. The maximum Gasteiger partial charge on any atom is 0.306 e. The van der Waals surface area contributed by atoms with Crippen molar-refractivity contribution in [1.29, 1.82) is 0 Å². The molecule has 0 saturated carbocycles. The van der Waals surface area contributed by atoms with Crippen LogP contribution in [0.25, 0.3) is 22.5 Å². The standard InChI is InChI=1S/C29H25NO5/c1-32-29(31)15-18-17-33-28-16-19(9-10-20(18)28)34-26-12-11-23-21(7-4-8-24(23)26)22-5-2-3-6-25(22)27-13-14-30-35-27/h2-10,13-14,16,18,26H,11-12,15,17H2,1H3/t18-,26-/m1/s1. The lowest BCUT2D eigenvalue weighted by Gasteiger charge is -2.17. The Morgan fingerprint density at radius 3 is 2.69 bits per heavy atom. The highest BCUT2D eigenvalue weighted by atomic mass is 16.5. The molecule has 1 aliphatic carbocycles. The van der Waals surface area contributed by atoms with E-state index in [0.29, 0.717) is 13.0 Å². The van der Waals surface area contributed by atoms with Crippen LogP contribution in [0.4, 0.5) is 0 Å². The molecule has 6 heteroatoms. The summed E-state index contributed by atoms with van der Waals surface area (Å²) in [6, 6.07) is 22.5. The molecule has 0 fully saturated rings. The maximum absolute atomic E-state index is 11.7. The van der Waals surface area contributed by atoms with Crippen molar-refractivity contribution in [2.45, 2.75) is 31.3 Å². The minimum absolute atomic E-state index is 0.0192. The maximum atomic E-state index is 11.7. The second kappa shape index (κ2) is 8.95. The van der Waals surface area contributed by atoms with E-state index in [1.807, 2.05) is 30.3 Å². The number of methoxy groups -OCH3 is 1. The van der Waals surface area contributed by atoms with Gasteiger partial charge >= 0.3 is 5.97 Å². The molecule has 2 atom stereocenters. The minimum Gasteiger partial charge on any atom is -0.492 e. The summed E-state index contributed by atoms with van der Waals surface area (Å²) in [5, 5.41) is 3.88. The Hall–Kier alpha value is -4.06. The van der Waals surface area contributed by atoms with E-state index in [1.54, 1.807) is 6.20 Å². The van der Waals surface area contributed by atoms with Crippen molar-refractivity contribution >= 4 is 5.97 Å². The molecule has 0 N–H and O–H groups in total. The number of fused-ring (bicyclic) bond motifs is 2. The van der Waals surface area contributed by atoms with E-state index in [2.05, 4.69) is 41.6 Å². The van der Waals surface area contributed by atoms with Crippen LogP contribution in [0.1, 0.15) is 41.6 Å². The molecule has 1 aliphatic heterocycles. The predicted octanol–water partition coefficient (Wildman–Crippen LogP) is 6.11. The number of hydrogen-bond acceptors (Lipinski definition) is 6. The van der Waals surface area contributed by atoms with E-state index in [4.69, 9.17) is 18.7 Å². The summed E-state index contributed by atoms with van der Waals surface area (Å²) < 4.78 is 22.6. The molecule has 0 unspecified atom stereocenters. The topological polar surface area (TPSA) is 70.8 Å². The third-order valence-corrected chi connectivity index (χ3v) is 6.92. The molecule has 0 radical (unpaired) electrons. The zero-order chi connectivity index (χ0) is 23.8. The van der Waals surface area contributed by atoms with Gasteiger partial charge in [0, 0.05) is 29.2 Å². The lowest BCUT2D eigenvalue weighted by atomic mass is 9.92. The summed E-state index contributed by atoms with van der Waals surface area (Å²) in [5.41, 5.74) is 6.90. The quantitative estimate of drug-likeness (QED) is 0.319.